The third-order valence-electron chi connectivity index (χ3n) is 3.59. The molecule has 2 N–H and O–H groups in total. The molecule has 0 saturated heterocycles. The second kappa shape index (κ2) is 12.2. The van der Waals surface area contributed by atoms with Crippen LogP contribution in [-0.4, -0.2) is 51.9 Å². The number of carbonyl (C=O) groups is 1. The van der Waals surface area contributed by atoms with Crippen LogP contribution >= 0.6 is 12.4 Å². The molecule has 1 rings (SSSR count). The molecule has 144 valence electrons. The van der Waals surface area contributed by atoms with Gasteiger partial charge in [-0.25, -0.2) is 8.42 Å². The first kappa shape index (κ1) is 23.9. The molecular weight excluding hydrogens is 362 g/mol. The highest BCUT2D eigenvalue weighted by Crippen LogP contribution is 2.17. The van der Waals surface area contributed by atoms with Gasteiger partial charge in [0.15, 0.2) is 0 Å². The van der Waals surface area contributed by atoms with Gasteiger partial charge in [0, 0.05) is 25.2 Å². The summed E-state index contributed by atoms with van der Waals surface area (Å²) in [5.74, 6) is -0.186. The number of amides is 1. The number of sulfonamides is 1. The molecule has 0 radical (unpaired) electrons. The van der Waals surface area contributed by atoms with E-state index in [-0.39, 0.29) is 23.2 Å². The third-order valence-corrected chi connectivity index (χ3v) is 5.50. The second-order valence-electron chi connectivity index (χ2n) is 5.64. The van der Waals surface area contributed by atoms with Crippen molar-refractivity contribution in [3.63, 3.8) is 0 Å². The van der Waals surface area contributed by atoms with E-state index in [2.05, 4.69) is 10.6 Å². The molecular formula is C17H30ClN3O3S. The molecule has 0 fully saturated rings. The first-order valence-corrected chi connectivity index (χ1v) is 9.94. The van der Waals surface area contributed by atoms with Gasteiger partial charge in [-0.05, 0) is 57.1 Å². The smallest absolute Gasteiger partial charge is 0.251 e. The summed E-state index contributed by atoms with van der Waals surface area (Å²) >= 11 is 0. The maximum absolute atomic E-state index is 12.7. The van der Waals surface area contributed by atoms with Crippen molar-refractivity contribution in [3.05, 3.63) is 29.8 Å². The number of halogens is 1. The van der Waals surface area contributed by atoms with Crippen LogP contribution in [0.4, 0.5) is 0 Å². The number of benzene rings is 1. The van der Waals surface area contributed by atoms with E-state index >= 15 is 0 Å². The summed E-state index contributed by atoms with van der Waals surface area (Å²) in [5.41, 5.74) is 0.468. The Balaban J connectivity index is 0.00000576. The van der Waals surface area contributed by atoms with E-state index in [1.807, 2.05) is 20.9 Å². The van der Waals surface area contributed by atoms with Gasteiger partial charge in [-0.15, -0.1) is 12.4 Å². The Bertz CT molecular complexity index is 600. The Morgan fingerprint density at radius 2 is 1.60 bits per heavy atom. The van der Waals surface area contributed by atoms with Gasteiger partial charge in [0.25, 0.3) is 5.91 Å². The molecule has 0 bridgehead atoms. The predicted octanol–water partition coefficient (Wildman–Crippen LogP) is 2.26. The summed E-state index contributed by atoms with van der Waals surface area (Å²) in [5, 5.41) is 5.83. The molecule has 0 atom stereocenters. The maximum Gasteiger partial charge on any atom is 0.251 e. The van der Waals surface area contributed by atoms with Gasteiger partial charge in [-0.1, -0.05) is 13.8 Å². The lowest BCUT2D eigenvalue weighted by atomic mass is 10.2. The minimum Gasteiger partial charge on any atom is -0.352 e. The Hall–Kier alpha value is -1.15. The third kappa shape index (κ3) is 7.32. The Labute approximate surface area is 157 Å². The fraction of sp³-hybridized carbons (Fsp3) is 0.588. The minimum absolute atomic E-state index is 0. The fourth-order valence-electron chi connectivity index (χ4n) is 2.35. The van der Waals surface area contributed by atoms with Crippen molar-refractivity contribution in [1.82, 2.24) is 14.9 Å². The summed E-state index contributed by atoms with van der Waals surface area (Å²) in [6, 6.07) is 6.15. The van der Waals surface area contributed by atoms with Crippen LogP contribution in [0.1, 0.15) is 43.5 Å². The monoisotopic (exact) mass is 391 g/mol. The first-order valence-electron chi connectivity index (χ1n) is 8.50. The summed E-state index contributed by atoms with van der Waals surface area (Å²) in [4.78, 5) is 12.2. The van der Waals surface area contributed by atoms with Crippen molar-refractivity contribution in [2.24, 2.45) is 0 Å². The molecule has 0 aromatic heterocycles. The molecule has 8 heteroatoms. The SMILES string of the molecule is CCCN(CCC)S(=O)(=O)c1ccc(C(=O)NCCCNC)cc1.Cl. The van der Waals surface area contributed by atoms with Gasteiger partial charge in [-0.3, -0.25) is 4.79 Å². The topological polar surface area (TPSA) is 78.5 Å². The van der Waals surface area contributed by atoms with Crippen LogP contribution in [0.5, 0.6) is 0 Å². The number of hydrogen-bond donors (Lipinski definition) is 2. The number of carbonyl (C=O) groups excluding carboxylic acids is 1. The zero-order chi connectivity index (χ0) is 18.0. The van der Waals surface area contributed by atoms with Crippen LogP contribution in [0.15, 0.2) is 29.2 Å². The molecule has 0 aliphatic carbocycles. The highest BCUT2D eigenvalue weighted by molar-refractivity contribution is 7.89. The van der Waals surface area contributed by atoms with Gasteiger partial charge in [0.05, 0.1) is 4.90 Å². The van der Waals surface area contributed by atoms with Crippen LogP contribution in [0, 0.1) is 0 Å². The first-order chi connectivity index (χ1) is 11.5. The molecule has 0 spiro atoms. The Morgan fingerprint density at radius 3 is 2.08 bits per heavy atom. The van der Waals surface area contributed by atoms with Crippen molar-refractivity contribution < 1.29 is 13.2 Å². The van der Waals surface area contributed by atoms with Crippen molar-refractivity contribution in [2.45, 2.75) is 38.0 Å². The van der Waals surface area contributed by atoms with E-state index in [0.29, 0.717) is 25.2 Å². The summed E-state index contributed by atoms with van der Waals surface area (Å²) in [6.07, 6.45) is 2.39. The minimum atomic E-state index is -3.50. The lowest BCUT2D eigenvalue weighted by Crippen LogP contribution is -2.32. The summed E-state index contributed by atoms with van der Waals surface area (Å²) in [6.45, 7) is 6.34. The molecule has 1 amide bonds. The molecule has 0 saturated carbocycles. The van der Waals surface area contributed by atoms with Crippen LogP contribution in [0.3, 0.4) is 0 Å². The normalized spacial score (nSPS) is 11.2. The molecule has 0 aliphatic rings. The Morgan fingerprint density at radius 1 is 1.04 bits per heavy atom. The number of nitrogens with zero attached hydrogens (tertiary/aromatic N) is 1. The van der Waals surface area contributed by atoms with Crippen LogP contribution in [-0.2, 0) is 10.0 Å². The molecule has 1 aromatic carbocycles. The Kier molecular flexibility index (Phi) is 11.7. The van der Waals surface area contributed by atoms with E-state index in [0.717, 1.165) is 25.8 Å². The highest BCUT2D eigenvalue weighted by Gasteiger charge is 2.23. The average Bonchev–Trinajstić information content (AvgIpc) is 2.58. The van der Waals surface area contributed by atoms with Gasteiger partial charge in [0.1, 0.15) is 0 Å². The van der Waals surface area contributed by atoms with E-state index < -0.39 is 10.0 Å². The molecule has 1 aromatic rings. The summed E-state index contributed by atoms with van der Waals surface area (Å²) < 4.78 is 26.8. The fourth-order valence-corrected chi connectivity index (χ4v) is 3.97. The van der Waals surface area contributed by atoms with E-state index in [1.54, 1.807) is 12.1 Å². The molecule has 0 heterocycles. The van der Waals surface area contributed by atoms with Gasteiger partial charge in [0.2, 0.25) is 10.0 Å². The number of rotatable bonds is 11. The second-order valence-corrected chi connectivity index (χ2v) is 7.58. The van der Waals surface area contributed by atoms with Crippen LogP contribution in [0.25, 0.3) is 0 Å². The van der Waals surface area contributed by atoms with Crippen molar-refractivity contribution in [3.8, 4) is 0 Å². The van der Waals surface area contributed by atoms with Crippen molar-refractivity contribution in [1.29, 1.82) is 0 Å². The zero-order valence-corrected chi connectivity index (χ0v) is 16.9. The molecule has 6 nitrogen and oxygen atoms in total. The van der Waals surface area contributed by atoms with E-state index in [1.165, 1.54) is 16.4 Å². The number of hydrogen-bond acceptors (Lipinski definition) is 4. The van der Waals surface area contributed by atoms with Crippen LogP contribution in [0.2, 0.25) is 0 Å². The van der Waals surface area contributed by atoms with Crippen LogP contribution < -0.4 is 10.6 Å². The maximum atomic E-state index is 12.7. The van der Waals surface area contributed by atoms with Gasteiger partial charge < -0.3 is 10.6 Å². The number of nitrogens with one attached hydrogen (secondary N) is 2. The zero-order valence-electron chi connectivity index (χ0n) is 15.2. The average molecular weight is 392 g/mol. The predicted molar refractivity (Wildman–Crippen MR) is 104 cm³/mol. The molecule has 0 aliphatic heterocycles. The highest BCUT2D eigenvalue weighted by atomic mass is 35.5. The summed E-state index contributed by atoms with van der Waals surface area (Å²) in [7, 11) is -1.64. The van der Waals surface area contributed by atoms with Crippen molar-refractivity contribution in [2.75, 3.05) is 33.2 Å². The van der Waals surface area contributed by atoms with E-state index in [9.17, 15) is 13.2 Å². The molecule has 0 unspecified atom stereocenters. The largest absolute Gasteiger partial charge is 0.352 e. The lowest BCUT2D eigenvalue weighted by molar-refractivity contribution is 0.0953. The lowest BCUT2D eigenvalue weighted by Gasteiger charge is -2.21. The van der Waals surface area contributed by atoms with Crippen molar-refractivity contribution >= 4 is 28.3 Å². The van der Waals surface area contributed by atoms with Gasteiger partial charge in [-0.2, -0.15) is 4.31 Å². The van der Waals surface area contributed by atoms with E-state index in [4.69, 9.17) is 0 Å². The quantitative estimate of drug-likeness (QED) is 0.567. The standard InChI is InChI=1S/C17H29N3O3S.ClH/c1-4-13-20(14-5-2)24(22,23)16-9-7-15(8-10-16)17(21)19-12-6-11-18-3;/h7-10,18H,4-6,11-14H2,1-3H3,(H,19,21);1H. The molecule has 25 heavy (non-hydrogen) atoms. The van der Waals surface area contributed by atoms with Gasteiger partial charge >= 0.3 is 0 Å².